The zero-order chi connectivity index (χ0) is 10.5. The number of hydrogen-bond acceptors (Lipinski definition) is 5. The molecule has 0 aromatic carbocycles. The lowest BCUT2D eigenvalue weighted by Crippen LogP contribution is -2.21. The maximum absolute atomic E-state index is 10.6. The Kier molecular flexibility index (Phi) is 3.69. The molecule has 13 heavy (non-hydrogen) atoms. The highest BCUT2D eigenvalue weighted by atomic mass is 19.4. The van der Waals surface area contributed by atoms with E-state index in [1.807, 2.05) is 0 Å². The average molecular weight is 199 g/mol. The molecule has 9 heteroatoms. The summed E-state index contributed by atoms with van der Waals surface area (Å²) >= 11 is 0. The van der Waals surface area contributed by atoms with Gasteiger partial charge in [0.1, 0.15) is 6.20 Å². The Morgan fingerprint density at radius 1 is 1.62 bits per heavy atom. The number of nitrogen functional groups attached to an aromatic ring is 1. The van der Waals surface area contributed by atoms with Gasteiger partial charge in [-0.05, 0) is 5.16 Å². The molecule has 1 aromatic heterocycles. The van der Waals surface area contributed by atoms with E-state index in [2.05, 4.69) is 14.9 Å². The zero-order valence-corrected chi connectivity index (χ0v) is 5.95. The number of anilines is 1. The molecule has 0 spiro atoms. The molecule has 0 aliphatic heterocycles. The molecule has 74 valence electrons. The second-order valence-electron chi connectivity index (χ2n) is 1.64. The SMILES string of the molecule is Nc1cnon1.O=C(O)C(F)(F)F. The van der Waals surface area contributed by atoms with Gasteiger partial charge in [0, 0.05) is 0 Å². The summed E-state index contributed by atoms with van der Waals surface area (Å²) in [4.78, 5) is 8.90. The van der Waals surface area contributed by atoms with Crippen molar-refractivity contribution in [3.05, 3.63) is 6.20 Å². The highest BCUT2D eigenvalue weighted by Gasteiger charge is 2.38. The molecule has 0 aliphatic carbocycles. The molecule has 0 bridgehead atoms. The molecule has 0 saturated carbocycles. The first-order valence-electron chi connectivity index (χ1n) is 2.67. The lowest BCUT2D eigenvalue weighted by atomic mass is 10.7. The number of alkyl halides is 3. The van der Waals surface area contributed by atoms with Crippen LogP contribution in [0.1, 0.15) is 0 Å². The maximum atomic E-state index is 10.6. The van der Waals surface area contributed by atoms with Crippen molar-refractivity contribution in [2.24, 2.45) is 0 Å². The lowest BCUT2D eigenvalue weighted by molar-refractivity contribution is -0.192. The van der Waals surface area contributed by atoms with E-state index in [9.17, 15) is 13.2 Å². The standard InChI is InChI=1S/C2HF3O2.C2H3N3O/c3-2(4,5)1(6)7;3-2-1-4-6-5-2/h(H,6,7);1H,(H2,3,5). The van der Waals surface area contributed by atoms with Crippen molar-refractivity contribution < 1.29 is 27.7 Å². The number of hydrogen-bond donors (Lipinski definition) is 2. The van der Waals surface area contributed by atoms with Gasteiger partial charge >= 0.3 is 12.1 Å². The third-order valence-corrected chi connectivity index (χ3v) is 0.621. The van der Waals surface area contributed by atoms with Crippen LogP contribution in [0.5, 0.6) is 0 Å². The minimum Gasteiger partial charge on any atom is -0.475 e. The molecule has 0 aliphatic rings. The van der Waals surface area contributed by atoms with Gasteiger partial charge in [-0.15, -0.1) is 0 Å². The van der Waals surface area contributed by atoms with E-state index >= 15 is 0 Å². The number of nitrogens with zero attached hydrogens (tertiary/aromatic N) is 2. The Morgan fingerprint density at radius 2 is 2.08 bits per heavy atom. The van der Waals surface area contributed by atoms with Crippen LogP contribution in [0, 0.1) is 0 Å². The quantitative estimate of drug-likeness (QED) is 0.622. The van der Waals surface area contributed by atoms with E-state index in [0.717, 1.165) is 0 Å². The summed E-state index contributed by atoms with van der Waals surface area (Å²) in [5.74, 6) is -2.44. The number of carbonyl (C=O) groups is 1. The second kappa shape index (κ2) is 4.28. The van der Waals surface area contributed by atoms with Crippen LogP contribution in [0.25, 0.3) is 0 Å². The van der Waals surface area contributed by atoms with Crippen LogP contribution in [0.3, 0.4) is 0 Å². The molecule has 0 unspecified atom stereocenters. The largest absolute Gasteiger partial charge is 0.490 e. The molecule has 6 nitrogen and oxygen atoms in total. The second-order valence-corrected chi connectivity index (χ2v) is 1.64. The Morgan fingerprint density at radius 3 is 2.15 bits per heavy atom. The Bertz CT molecular complexity index is 257. The van der Waals surface area contributed by atoms with Crippen molar-refractivity contribution in [1.82, 2.24) is 10.3 Å². The third kappa shape index (κ3) is 5.47. The topological polar surface area (TPSA) is 102 Å². The fraction of sp³-hybridized carbons (Fsp3) is 0.250. The monoisotopic (exact) mass is 199 g/mol. The molecule has 0 radical (unpaired) electrons. The summed E-state index contributed by atoms with van der Waals surface area (Å²) in [6.45, 7) is 0. The first kappa shape index (κ1) is 11.2. The molecule has 1 rings (SSSR count). The first-order chi connectivity index (χ1) is 5.84. The zero-order valence-electron chi connectivity index (χ0n) is 5.95. The van der Waals surface area contributed by atoms with E-state index in [1.165, 1.54) is 6.20 Å². The third-order valence-electron chi connectivity index (χ3n) is 0.621. The molecular weight excluding hydrogens is 195 g/mol. The van der Waals surface area contributed by atoms with Gasteiger partial charge in [-0.1, -0.05) is 5.16 Å². The number of aromatic nitrogens is 2. The number of carboxylic acid groups (broad SMARTS) is 1. The predicted molar refractivity (Wildman–Crippen MR) is 32.4 cm³/mol. The molecule has 3 N–H and O–H groups in total. The molecule has 1 aromatic rings. The van der Waals surface area contributed by atoms with E-state index in [4.69, 9.17) is 15.6 Å². The van der Waals surface area contributed by atoms with Crippen molar-refractivity contribution >= 4 is 11.8 Å². The summed E-state index contributed by atoms with van der Waals surface area (Å²) in [6, 6.07) is 0. The minimum atomic E-state index is -5.08. The van der Waals surface area contributed by atoms with Crippen LogP contribution in [0.2, 0.25) is 0 Å². The fourth-order valence-corrected chi connectivity index (χ4v) is 0.172. The van der Waals surface area contributed by atoms with Crippen molar-refractivity contribution in [2.45, 2.75) is 6.18 Å². The van der Waals surface area contributed by atoms with Crippen LogP contribution in [0.4, 0.5) is 19.0 Å². The number of rotatable bonds is 0. The van der Waals surface area contributed by atoms with Crippen LogP contribution in [0.15, 0.2) is 10.8 Å². The lowest BCUT2D eigenvalue weighted by Gasteiger charge is -1.93. The normalized spacial score (nSPS) is 10.1. The number of carboxylic acids is 1. The fourth-order valence-electron chi connectivity index (χ4n) is 0.172. The van der Waals surface area contributed by atoms with Crippen molar-refractivity contribution in [2.75, 3.05) is 5.73 Å². The molecule has 0 saturated heterocycles. The van der Waals surface area contributed by atoms with Gasteiger partial charge in [-0.25, -0.2) is 9.42 Å². The van der Waals surface area contributed by atoms with E-state index < -0.39 is 12.1 Å². The van der Waals surface area contributed by atoms with Crippen molar-refractivity contribution in [3.63, 3.8) is 0 Å². The van der Waals surface area contributed by atoms with Gasteiger partial charge in [-0.3, -0.25) is 0 Å². The Labute approximate surface area is 69.1 Å². The summed E-state index contributed by atoms with van der Waals surface area (Å²) < 4.78 is 35.8. The molecular formula is C4H4F3N3O3. The predicted octanol–water partition coefficient (Wildman–Crippen LogP) is 0.285. The minimum absolute atomic E-state index is 0.315. The molecule has 1 heterocycles. The summed E-state index contributed by atoms with van der Waals surface area (Å²) in [5, 5.41) is 13.5. The van der Waals surface area contributed by atoms with E-state index in [0.29, 0.717) is 5.82 Å². The summed E-state index contributed by atoms with van der Waals surface area (Å²) in [5.41, 5.74) is 5.01. The van der Waals surface area contributed by atoms with Crippen molar-refractivity contribution in [1.29, 1.82) is 0 Å². The Balaban J connectivity index is 0.000000223. The molecule has 0 atom stereocenters. The van der Waals surface area contributed by atoms with Gasteiger partial charge in [0.25, 0.3) is 0 Å². The highest BCUT2D eigenvalue weighted by molar-refractivity contribution is 5.73. The number of aliphatic carboxylic acids is 1. The van der Waals surface area contributed by atoms with E-state index in [-0.39, 0.29) is 0 Å². The smallest absolute Gasteiger partial charge is 0.475 e. The number of nitrogens with two attached hydrogens (primary N) is 1. The maximum Gasteiger partial charge on any atom is 0.490 e. The number of halogens is 3. The summed E-state index contributed by atoms with van der Waals surface area (Å²) in [6.07, 6.45) is -3.75. The van der Waals surface area contributed by atoms with Crippen molar-refractivity contribution in [3.8, 4) is 0 Å². The highest BCUT2D eigenvalue weighted by Crippen LogP contribution is 2.13. The van der Waals surface area contributed by atoms with Gasteiger partial charge < -0.3 is 10.8 Å². The summed E-state index contributed by atoms with van der Waals surface area (Å²) in [7, 11) is 0. The average Bonchev–Trinajstić information content (AvgIpc) is 2.38. The van der Waals surface area contributed by atoms with E-state index in [1.54, 1.807) is 0 Å². The Hall–Kier alpha value is -1.80. The van der Waals surface area contributed by atoms with Crippen LogP contribution >= 0.6 is 0 Å². The van der Waals surface area contributed by atoms with Gasteiger partial charge in [-0.2, -0.15) is 13.2 Å². The molecule has 0 fully saturated rings. The van der Waals surface area contributed by atoms with Gasteiger partial charge in [0.15, 0.2) is 5.82 Å². The van der Waals surface area contributed by atoms with Crippen LogP contribution in [-0.4, -0.2) is 27.6 Å². The first-order valence-corrected chi connectivity index (χ1v) is 2.67. The van der Waals surface area contributed by atoms with Crippen LogP contribution < -0.4 is 5.73 Å². The van der Waals surface area contributed by atoms with Gasteiger partial charge in [0.2, 0.25) is 0 Å². The van der Waals surface area contributed by atoms with Gasteiger partial charge in [0.05, 0.1) is 0 Å². The van der Waals surface area contributed by atoms with Crippen LogP contribution in [-0.2, 0) is 4.79 Å². The molecule has 0 amide bonds.